The second kappa shape index (κ2) is 15.1. The first-order chi connectivity index (χ1) is 21.7. The van der Waals surface area contributed by atoms with Gasteiger partial charge in [-0.05, 0) is 78.9 Å². The van der Waals surface area contributed by atoms with Crippen molar-refractivity contribution in [2.24, 2.45) is 0 Å². The topological polar surface area (TPSA) is 88.6 Å². The van der Waals surface area contributed by atoms with Crippen LogP contribution in [0.3, 0.4) is 0 Å². The van der Waals surface area contributed by atoms with E-state index in [-0.39, 0.29) is 40.4 Å². The number of aromatic nitrogens is 1. The molecule has 5 rings (SSSR count). The summed E-state index contributed by atoms with van der Waals surface area (Å²) in [6.45, 7) is -0.0815. The molecule has 1 fully saturated rings. The van der Waals surface area contributed by atoms with Crippen LogP contribution in [0.2, 0.25) is 5.02 Å². The molecule has 1 amide bonds. The Morgan fingerprint density at radius 1 is 1.07 bits per heavy atom. The van der Waals surface area contributed by atoms with Crippen LogP contribution in [0, 0.1) is 0 Å². The minimum atomic E-state index is -2.73. The van der Waals surface area contributed by atoms with Crippen molar-refractivity contribution in [2.75, 3.05) is 23.4 Å². The third kappa shape index (κ3) is 8.53. The highest BCUT2D eigenvalue weighted by atomic mass is 79.9. The first kappa shape index (κ1) is 32.7. The van der Waals surface area contributed by atoms with Gasteiger partial charge in [-0.15, -0.1) is 11.3 Å². The smallest absolute Gasteiger partial charge is 0.272 e. The number of amides is 1. The molecule has 1 aliphatic heterocycles. The van der Waals surface area contributed by atoms with Gasteiger partial charge in [0, 0.05) is 46.7 Å². The number of thiazole rings is 1. The molecule has 0 aliphatic carbocycles. The van der Waals surface area contributed by atoms with E-state index in [2.05, 4.69) is 31.1 Å². The number of aryl methyl sites for hydroxylation is 1. The zero-order valence-corrected chi connectivity index (χ0v) is 27.1. The lowest BCUT2D eigenvalue weighted by Gasteiger charge is -2.22. The van der Waals surface area contributed by atoms with Gasteiger partial charge in [-0.2, -0.15) is 0 Å². The Bertz CT molecular complexity index is 1670. The average Bonchev–Trinajstić information content (AvgIpc) is 3.73. The molecule has 1 aliphatic rings. The molecule has 0 bridgehead atoms. The van der Waals surface area contributed by atoms with Gasteiger partial charge in [0.2, 0.25) is 0 Å². The molecule has 0 spiro atoms. The van der Waals surface area contributed by atoms with Crippen LogP contribution in [0.5, 0.6) is 5.75 Å². The third-order valence-corrected chi connectivity index (χ3v) is 9.07. The number of halogens is 4. The second-order valence-corrected chi connectivity index (χ2v) is 12.7. The monoisotopic (exact) mass is 715 g/mol. The zero-order valence-electron chi connectivity index (χ0n) is 24.0. The van der Waals surface area contributed by atoms with Gasteiger partial charge in [-0.3, -0.25) is 14.4 Å². The summed E-state index contributed by atoms with van der Waals surface area (Å²) in [6, 6.07) is 16.2. The number of benzene rings is 3. The highest BCUT2D eigenvalue weighted by Crippen LogP contribution is 2.29. The lowest BCUT2D eigenvalue weighted by molar-refractivity contribution is -0.120. The molecule has 1 aromatic heterocycles. The fourth-order valence-electron chi connectivity index (χ4n) is 5.22. The van der Waals surface area contributed by atoms with Crippen molar-refractivity contribution in [1.82, 2.24) is 4.98 Å². The molecular formula is C33H29BrClF2N3O4S. The molecular weight excluding hydrogens is 688 g/mol. The normalized spacial score (nSPS) is 14.5. The summed E-state index contributed by atoms with van der Waals surface area (Å²) >= 11 is 11.3. The van der Waals surface area contributed by atoms with Crippen molar-refractivity contribution in [1.29, 1.82) is 0 Å². The van der Waals surface area contributed by atoms with E-state index in [0.717, 1.165) is 34.6 Å². The summed E-state index contributed by atoms with van der Waals surface area (Å²) in [4.78, 5) is 46.1. The van der Waals surface area contributed by atoms with Crippen molar-refractivity contribution in [3.05, 3.63) is 104 Å². The molecule has 1 atom stereocenters. The van der Waals surface area contributed by atoms with E-state index in [1.807, 2.05) is 5.38 Å². The first-order valence-electron chi connectivity index (χ1n) is 14.3. The van der Waals surface area contributed by atoms with Gasteiger partial charge in [0.15, 0.2) is 16.7 Å². The van der Waals surface area contributed by atoms with Gasteiger partial charge >= 0.3 is 0 Å². The Labute approximate surface area is 276 Å². The van der Waals surface area contributed by atoms with E-state index >= 15 is 0 Å². The lowest BCUT2D eigenvalue weighted by atomic mass is 9.97. The number of ether oxygens (including phenoxy) is 1. The Balaban J connectivity index is 1.28. The number of Topliss-reactive ketones (excluding diaryl/α,β-unsaturated/α-hetero) is 2. The van der Waals surface area contributed by atoms with E-state index in [0.29, 0.717) is 29.7 Å². The molecule has 7 nitrogen and oxygen atoms in total. The van der Waals surface area contributed by atoms with Gasteiger partial charge in [0.1, 0.15) is 12.4 Å². The molecule has 4 aromatic rings. The lowest BCUT2D eigenvalue weighted by Crippen LogP contribution is -2.36. The van der Waals surface area contributed by atoms with Gasteiger partial charge in [0.05, 0.1) is 16.6 Å². The molecule has 2 heterocycles. The maximum atomic E-state index is 13.4. The molecule has 45 heavy (non-hydrogen) atoms. The van der Waals surface area contributed by atoms with Gasteiger partial charge in [-0.25, -0.2) is 13.8 Å². The van der Waals surface area contributed by atoms with Gasteiger partial charge < -0.3 is 15.0 Å². The van der Waals surface area contributed by atoms with E-state index in [1.165, 1.54) is 23.5 Å². The number of alkyl halides is 2. The SMILES string of the molecule is O=C(Cc1ccc(OCC(F)F)c(C(=O)Nc2ccc(Br)cc2)c1)c1cc(CCC(=O)C2CCCN2c2nccs2)ccc1Cl. The third-order valence-electron chi connectivity index (χ3n) is 7.40. The number of nitrogens with one attached hydrogen (secondary N) is 1. The van der Waals surface area contributed by atoms with E-state index in [1.54, 1.807) is 54.7 Å². The number of rotatable bonds is 13. The molecule has 1 saturated heterocycles. The van der Waals surface area contributed by atoms with Crippen molar-refractivity contribution < 1.29 is 27.9 Å². The van der Waals surface area contributed by atoms with Crippen LogP contribution in [0.15, 0.2) is 76.7 Å². The highest BCUT2D eigenvalue weighted by molar-refractivity contribution is 9.10. The summed E-state index contributed by atoms with van der Waals surface area (Å²) in [6.07, 6.45) is 1.41. The van der Waals surface area contributed by atoms with Crippen LogP contribution in [-0.4, -0.2) is 48.1 Å². The number of hydrogen-bond acceptors (Lipinski definition) is 7. The van der Waals surface area contributed by atoms with Gasteiger partial charge in [0.25, 0.3) is 12.3 Å². The molecule has 1 unspecified atom stereocenters. The predicted molar refractivity (Wildman–Crippen MR) is 175 cm³/mol. The molecule has 1 N–H and O–H groups in total. The summed E-state index contributed by atoms with van der Waals surface area (Å²) in [5.41, 5.74) is 2.09. The van der Waals surface area contributed by atoms with E-state index in [4.69, 9.17) is 16.3 Å². The van der Waals surface area contributed by atoms with Crippen molar-refractivity contribution in [3.63, 3.8) is 0 Å². The van der Waals surface area contributed by atoms with Crippen LogP contribution < -0.4 is 15.0 Å². The van der Waals surface area contributed by atoms with Crippen molar-refractivity contribution in [3.8, 4) is 5.75 Å². The Kier molecular flexibility index (Phi) is 11.0. The largest absolute Gasteiger partial charge is 0.487 e. The summed E-state index contributed by atoms with van der Waals surface area (Å²) in [7, 11) is 0. The standard InChI is InChI=1S/C33H29BrClF2N3O4S/c34-22-6-8-23(9-7-22)39-32(43)25-17-21(5-12-30(25)44-19-31(36)37)18-29(42)24-16-20(3-10-26(24)35)4-11-28(41)27-2-1-14-40(27)33-38-13-15-45-33/h3,5-10,12-13,15-17,27,31H,1-2,4,11,14,18-19H2,(H,39,43). The maximum absolute atomic E-state index is 13.4. The van der Waals surface area contributed by atoms with Crippen molar-refractivity contribution in [2.45, 2.75) is 44.6 Å². The predicted octanol–water partition coefficient (Wildman–Crippen LogP) is 8.05. The Morgan fingerprint density at radius 2 is 1.82 bits per heavy atom. The molecule has 0 saturated carbocycles. The number of carbonyl (C=O) groups excluding carboxylic acids is 3. The van der Waals surface area contributed by atoms with Gasteiger partial charge in [-0.1, -0.05) is 39.7 Å². The molecule has 0 radical (unpaired) electrons. The number of carbonyl (C=O) groups is 3. The fraction of sp³-hybridized carbons (Fsp3) is 0.273. The van der Waals surface area contributed by atoms with E-state index in [9.17, 15) is 23.2 Å². The highest BCUT2D eigenvalue weighted by Gasteiger charge is 2.31. The molecule has 3 aromatic carbocycles. The summed E-state index contributed by atoms with van der Waals surface area (Å²) < 4.78 is 31.8. The van der Waals surface area contributed by atoms with Crippen LogP contribution in [0.4, 0.5) is 19.6 Å². The Hall–Kier alpha value is -3.67. The number of nitrogens with zero attached hydrogens (tertiary/aromatic N) is 2. The molecule has 234 valence electrons. The van der Waals surface area contributed by atoms with Crippen LogP contribution >= 0.6 is 38.9 Å². The van der Waals surface area contributed by atoms with Crippen molar-refractivity contribution >= 4 is 67.2 Å². The minimum Gasteiger partial charge on any atom is -0.487 e. The number of hydrogen-bond donors (Lipinski definition) is 1. The maximum Gasteiger partial charge on any atom is 0.272 e. The number of ketones is 2. The zero-order chi connectivity index (χ0) is 31.9. The minimum absolute atomic E-state index is 0.0148. The first-order valence-corrected chi connectivity index (χ1v) is 16.3. The fourth-order valence-corrected chi connectivity index (χ4v) is 6.43. The van der Waals surface area contributed by atoms with E-state index < -0.39 is 18.9 Å². The van der Waals surface area contributed by atoms with Crippen LogP contribution in [0.25, 0.3) is 0 Å². The summed E-state index contributed by atoms with van der Waals surface area (Å²) in [5.74, 6) is -0.759. The summed E-state index contributed by atoms with van der Waals surface area (Å²) in [5, 5.41) is 5.75. The Morgan fingerprint density at radius 3 is 2.56 bits per heavy atom. The number of anilines is 2. The quantitative estimate of drug-likeness (QED) is 0.141. The van der Waals surface area contributed by atoms with Crippen LogP contribution in [0.1, 0.15) is 51.1 Å². The second-order valence-electron chi connectivity index (χ2n) is 10.5. The average molecular weight is 717 g/mol. The molecule has 12 heteroatoms. The van der Waals surface area contributed by atoms with Crippen LogP contribution in [-0.2, 0) is 17.6 Å².